The number of hydrogen-bond donors (Lipinski definition) is 0. The minimum Gasteiger partial charge on any atom is -0.229 e. The summed E-state index contributed by atoms with van der Waals surface area (Å²) in [4.78, 5) is 0. The number of rotatable bonds is 4. The van der Waals surface area contributed by atoms with Gasteiger partial charge in [-0.05, 0) is 6.42 Å². The molecule has 0 bridgehead atoms. The summed E-state index contributed by atoms with van der Waals surface area (Å²) in [6.45, 7) is 5.08. The summed E-state index contributed by atoms with van der Waals surface area (Å²) in [7, 11) is -2.75. The third-order valence-corrected chi connectivity index (χ3v) is 2.81. The number of sulfone groups is 1. The van der Waals surface area contributed by atoms with E-state index in [1.54, 1.807) is 13.0 Å². The van der Waals surface area contributed by atoms with Crippen LogP contribution in [0, 0.1) is 0 Å². The Kier molecular flexibility index (Phi) is 3.54. The zero-order valence-electron chi connectivity index (χ0n) is 5.63. The molecule has 0 N–H and O–H groups in total. The Balaban J connectivity index is 3.74. The molecule has 0 fully saturated rings. The van der Waals surface area contributed by atoms with Crippen molar-refractivity contribution in [3.63, 3.8) is 0 Å². The second-order valence-electron chi connectivity index (χ2n) is 1.81. The lowest BCUT2D eigenvalue weighted by atomic mass is 10.5. The van der Waals surface area contributed by atoms with E-state index in [0.717, 1.165) is 0 Å². The van der Waals surface area contributed by atoms with Gasteiger partial charge in [0, 0.05) is 5.75 Å². The first-order chi connectivity index (χ1) is 4.12. The molecule has 0 heterocycles. The summed E-state index contributed by atoms with van der Waals surface area (Å²) in [6.07, 6.45) is 2.18. The normalized spacial score (nSPS) is 11.2. The summed E-state index contributed by atoms with van der Waals surface area (Å²) >= 11 is 0. The summed E-state index contributed by atoms with van der Waals surface area (Å²) < 4.78 is 21.4. The first-order valence-electron chi connectivity index (χ1n) is 2.93. The zero-order valence-corrected chi connectivity index (χ0v) is 6.45. The Morgan fingerprint density at radius 3 is 2.44 bits per heavy atom. The van der Waals surface area contributed by atoms with Crippen molar-refractivity contribution in [2.45, 2.75) is 13.3 Å². The van der Waals surface area contributed by atoms with Crippen LogP contribution in [0.4, 0.5) is 0 Å². The van der Waals surface area contributed by atoms with E-state index in [1.165, 1.54) is 0 Å². The van der Waals surface area contributed by atoms with Gasteiger partial charge in [0.1, 0.15) is 9.84 Å². The summed E-state index contributed by atoms with van der Waals surface area (Å²) in [5, 5.41) is 0. The van der Waals surface area contributed by atoms with Gasteiger partial charge in [0.25, 0.3) is 0 Å². The molecule has 0 rings (SSSR count). The molecule has 0 atom stereocenters. The average molecular weight is 148 g/mol. The van der Waals surface area contributed by atoms with Crippen LogP contribution in [0.5, 0.6) is 0 Å². The molecule has 0 aromatic heterocycles. The van der Waals surface area contributed by atoms with E-state index in [0.29, 0.717) is 6.42 Å². The van der Waals surface area contributed by atoms with Crippen molar-refractivity contribution in [2.24, 2.45) is 0 Å². The summed E-state index contributed by atoms with van der Waals surface area (Å²) in [6, 6.07) is 0. The lowest BCUT2D eigenvalue weighted by molar-refractivity contribution is 0.597. The van der Waals surface area contributed by atoms with Crippen molar-refractivity contribution in [1.29, 1.82) is 0 Å². The van der Waals surface area contributed by atoms with Gasteiger partial charge in [-0.1, -0.05) is 13.0 Å². The highest BCUT2D eigenvalue weighted by Gasteiger charge is 2.03. The highest BCUT2D eigenvalue weighted by Crippen LogP contribution is 1.92. The van der Waals surface area contributed by atoms with Gasteiger partial charge in [-0.25, -0.2) is 8.42 Å². The van der Waals surface area contributed by atoms with Crippen LogP contribution in [0.2, 0.25) is 0 Å². The Morgan fingerprint density at radius 2 is 2.11 bits per heavy atom. The van der Waals surface area contributed by atoms with E-state index < -0.39 is 9.84 Å². The molecular formula is C6H12O2S. The topological polar surface area (TPSA) is 34.1 Å². The van der Waals surface area contributed by atoms with Gasteiger partial charge in [0.15, 0.2) is 0 Å². The van der Waals surface area contributed by atoms with Crippen molar-refractivity contribution < 1.29 is 8.42 Å². The number of allylic oxidation sites excluding steroid dienone is 1. The van der Waals surface area contributed by atoms with E-state index in [1.807, 2.05) is 0 Å². The molecule has 2 nitrogen and oxygen atoms in total. The van der Waals surface area contributed by atoms with E-state index in [2.05, 4.69) is 6.58 Å². The van der Waals surface area contributed by atoms with Crippen molar-refractivity contribution in [3.8, 4) is 0 Å². The molecule has 0 saturated heterocycles. The largest absolute Gasteiger partial charge is 0.229 e. The van der Waals surface area contributed by atoms with Gasteiger partial charge in [-0.2, -0.15) is 0 Å². The maximum atomic E-state index is 10.7. The molecule has 54 valence electrons. The summed E-state index contributed by atoms with van der Waals surface area (Å²) in [5.74, 6) is 0.480. The molecule has 3 heteroatoms. The highest BCUT2D eigenvalue weighted by molar-refractivity contribution is 7.91. The molecule has 0 aliphatic heterocycles. The van der Waals surface area contributed by atoms with Crippen LogP contribution in [-0.2, 0) is 9.84 Å². The van der Waals surface area contributed by atoms with Crippen LogP contribution >= 0.6 is 0 Å². The minimum absolute atomic E-state index is 0.237. The molecule has 0 unspecified atom stereocenters. The molecule has 0 aliphatic carbocycles. The van der Waals surface area contributed by atoms with Crippen LogP contribution in [0.15, 0.2) is 12.7 Å². The van der Waals surface area contributed by atoms with E-state index in [9.17, 15) is 8.42 Å². The van der Waals surface area contributed by atoms with Crippen molar-refractivity contribution >= 4 is 9.84 Å². The lowest BCUT2D eigenvalue weighted by Gasteiger charge is -1.94. The molecular weight excluding hydrogens is 136 g/mol. The quantitative estimate of drug-likeness (QED) is 0.557. The monoisotopic (exact) mass is 148 g/mol. The van der Waals surface area contributed by atoms with E-state index in [4.69, 9.17) is 0 Å². The van der Waals surface area contributed by atoms with Gasteiger partial charge in [0.2, 0.25) is 0 Å². The zero-order chi connectivity index (χ0) is 7.33. The fourth-order valence-corrected chi connectivity index (χ4v) is 1.22. The van der Waals surface area contributed by atoms with E-state index >= 15 is 0 Å². The molecule has 0 amide bonds. The van der Waals surface area contributed by atoms with E-state index in [-0.39, 0.29) is 11.5 Å². The predicted octanol–water partition coefficient (Wildman–Crippen LogP) is 0.997. The smallest absolute Gasteiger partial charge is 0.150 e. The van der Waals surface area contributed by atoms with Crippen LogP contribution in [0.1, 0.15) is 13.3 Å². The molecule has 0 aromatic carbocycles. The maximum absolute atomic E-state index is 10.7. The van der Waals surface area contributed by atoms with Crippen LogP contribution in [0.25, 0.3) is 0 Å². The van der Waals surface area contributed by atoms with Crippen molar-refractivity contribution in [1.82, 2.24) is 0 Å². The van der Waals surface area contributed by atoms with Gasteiger partial charge in [0.05, 0.1) is 5.75 Å². The number of hydrogen-bond acceptors (Lipinski definition) is 2. The van der Waals surface area contributed by atoms with Crippen LogP contribution in [-0.4, -0.2) is 19.9 Å². The second kappa shape index (κ2) is 3.67. The van der Waals surface area contributed by atoms with Crippen LogP contribution < -0.4 is 0 Å². The molecule has 0 aromatic rings. The SMILES string of the molecule is C=CCCS(=O)(=O)CC. The summed E-state index contributed by atoms with van der Waals surface area (Å²) in [5.41, 5.74) is 0. The first-order valence-corrected chi connectivity index (χ1v) is 4.76. The Morgan fingerprint density at radius 1 is 1.56 bits per heavy atom. The van der Waals surface area contributed by atoms with Gasteiger partial charge < -0.3 is 0 Å². The minimum atomic E-state index is -2.75. The molecule has 0 saturated carbocycles. The molecule has 0 aliphatic rings. The molecule has 9 heavy (non-hydrogen) atoms. The fourth-order valence-electron chi connectivity index (χ4n) is 0.407. The maximum Gasteiger partial charge on any atom is 0.150 e. The first kappa shape index (κ1) is 8.69. The van der Waals surface area contributed by atoms with Gasteiger partial charge in [-0.3, -0.25) is 0 Å². The van der Waals surface area contributed by atoms with Gasteiger partial charge in [-0.15, -0.1) is 6.58 Å². The highest BCUT2D eigenvalue weighted by atomic mass is 32.2. The third-order valence-electron chi connectivity index (χ3n) is 1.07. The van der Waals surface area contributed by atoms with Crippen molar-refractivity contribution in [3.05, 3.63) is 12.7 Å². The predicted molar refractivity (Wildman–Crippen MR) is 39.1 cm³/mol. The Hall–Kier alpha value is -0.310. The molecule has 0 spiro atoms. The fraction of sp³-hybridized carbons (Fsp3) is 0.667. The average Bonchev–Trinajstić information content (AvgIpc) is 1.84. The Labute approximate surface area is 56.5 Å². The van der Waals surface area contributed by atoms with Crippen LogP contribution in [0.3, 0.4) is 0 Å². The lowest BCUT2D eigenvalue weighted by Crippen LogP contribution is -2.07. The second-order valence-corrected chi connectivity index (χ2v) is 4.29. The standard InChI is InChI=1S/C6H12O2S/c1-3-5-6-9(7,8)4-2/h3H,1,4-6H2,2H3. The third kappa shape index (κ3) is 4.21. The molecule has 0 radical (unpaired) electrons. The van der Waals surface area contributed by atoms with Crippen molar-refractivity contribution in [2.75, 3.05) is 11.5 Å². The van der Waals surface area contributed by atoms with Gasteiger partial charge >= 0.3 is 0 Å². The Bertz CT molecular complexity index is 167.